The molecular formula is C18H17ClN2S. The Kier molecular flexibility index (Phi) is 4.55. The first-order valence-electron chi connectivity index (χ1n) is 7.22. The lowest BCUT2D eigenvalue weighted by Gasteiger charge is -2.06. The third kappa shape index (κ3) is 3.06. The molecule has 22 heavy (non-hydrogen) atoms. The van der Waals surface area contributed by atoms with Crippen molar-refractivity contribution in [2.75, 3.05) is 5.88 Å². The smallest absolute Gasteiger partial charge is 0.124 e. The normalized spacial score (nSPS) is 10.9. The fourth-order valence-electron chi connectivity index (χ4n) is 2.43. The molecule has 2 aromatic heterocycles. The Hall–Kier alpha value is -1.71. The second kappa shape index (κ2) is 6.59. The Morgan fingerprint density at radius 2 is 1.86 bits per heavy atom. The van der Waals surface area contributed by atoms with Gasteiger partial charge in [0, 0.05) is 34.3 Å². The van der Waals surface area contributed by atoms with Gasteiger partial charge >= 0.3 is 0 Å². The number of halogens is 1. The molecule has 0 aliphatic carbocycles. The molecule has 0 aliphatic rings. The number of pyridine rings is 1. The summed E-state index contributed by atoms with van der Waals surface area (Å²) in [6, 6.07) is 10.5. The van der Waals surface area contributed by atoms with Gasteiger partial charge in [0.25, 0.3) is 0 Å². The predicted octanol–water partition coefficient (Wildman–Crippen LogP) is 5.27. The molecular weight excluding hydrogens is 312 g/mol. The molecule has 0 saturated carbocycles. The van der Waals surface area contributed by atoms with Crippen LogP contribution in [0.1, 0.15) is 16.0 Å². The van der Waals surface area contributed by atoms with Crippen LogP contribution in [0.5, 0.6) is 0 Å². The van der Waals surface area contributed by atoms with Gasteiger partial charge in [-0.15, -0.1) is 22.9 Å². The Labute approximate surface area is 139 Å². The molecule has 0 N–H and O–H groups in total. The van der Waals surface area contributed by atoms with Crippen LogP contribution in [0.2, 0.25) is 0 Å². The van der Waals surface area contributed by atoms with E-state index >= 15 is 0 Å². The number of hydrogen-bond acceptors (Lipinski definition) is 3. The second-order valence-electron chi connectivity index (χ2n) is 5.28. The number of benzene rings is 1. The first-order chi connectivity index (χ1) is 10.7. The van der Waals surface area contributed by atoms with Crippen molar-refractivity contribution in [2.24, 2.45) is 0 Å². The molecule has 2 nitrogen and oxygen atoms in total. The summed E-state index contributed by atoms with van der Waals surface area (Å²) in [7, 11) is 0. The lowest BCUT2D eigenvalue weighted by Crippen LogP contribution is -1.91. The Balaban J connectivity index is 2.14. The SMILES string of the molecule is Cc1ccc(C)c(-c2nc(-c3ccncc3)sc2CCCl)c1. The monoisotopic (exact) mass is 328 g/mol. The second-order valence-corrected chi connectivity index (χ2v) is 6.75. The van der Waals surface area contributed by atoms with E-state index in [2.05, 4.69) is 37.0 Å². The van der Waals surface area contributed by atoms with Crippen molar-refractivity contribution < 1.29 is 0 Å². The minimum Gasteiger partial charge on any atom is -0.265 e. The first kappa shape index (κ1) is 15.2. The number of aromatic nitrogens is 2. The summed E-state index contributed by atoms with van der Waals surface area (Å²) in [5.41, 5.74) is 5.87. The highest BCUT2D eigenvalue weighted by atomic mass is 35.5. The number of aryl methyl sites for hydroxylation is 3. The van der Waals surface area contributed by atoms with E-state index in [1.165, 1.54) is 21.6 Å². The number of alkyl halides is 1. The lowest BCUT2D eigenvalue weighted by molar-refractivity contribution is 1.17. The summed E-state index contributed by atoms with van der Waals surface area (Å²) in [5, 5.41) is 1.03. The van der Waals surface area contributed by atoms with E-state index in [1.54, 1.807) is 23.7 Å². The highest BCUT2D eigenvalue weighted by Crippen LogP contribution is 2.35. The molecule has 0 saturated heterocycles. The van der Waals surface area contributed by atoms with Gasteiger partial charge in [-0.2, -0.15) is 0 Å². The van der Waals surface area contributed by atoms with Gasteiger partial charge in [0.15, 0.2) is 0 Å². The van der Waals surface area contributed by atoms with Gasteiger partial charge < -0.3 is 0 Å². The molecule has 0 bridgehead atoms. The molecule has 0 atom stereocenters. The summed E-state index contributed by atoms with van der Waals surface area (Å²) < 4.78 is 0. The predicted molar refractivity (Wildman–Crippen MR) is 94.7 cm³/mol. The van der Waals surface area contributed by atoms with E-state index in [4.69, 9.17) is 16.6 Å². The molecule has 0 amide bonds. The maximum absolute atomic E-state index is 5.99. The molecule has 0 aliphatic heterocycles. The molecule has 4 heteroatoms. The summed E-state index contributed by atoms with van der Waals surface area (Å²) in [5.74, 6) is 0.607. The summed E-state index contributed by atoms with van der Waals surface area (Å²) in [6.07, 6.45) is 4.44. The Bertz CT molecular complexity index is 781. The van der Waals surface area contributed by atoms with Gasteiger partial charge in [-0.1, -0.05) is 17.7 Å². The fourth-order valence-corrected chi connectivity index (χ4v) is 3.81. The lowest BCUT2D eigenvalue weighted by atomic mass is 10.0. The van der Waals surface area contributed by atoms with E-state index < -0.39 is 0 Å². The minimum absolute atomic E-state index is 0.607. The van der Waals surface area contributed by atoms with Gasteiger partial charge in [-0.05, 0) is 44.0 Å². The molecule has 0 fully saturated rings. The summed E-state index contributed by atoms with van der Waals surface area (Å²) >= 11 is 7.71. The molecule has 112 valence electrons. The fraction of sp³-hybridized carbons (Fsp3) is 0.222. The topological polar surface area (TPSA) is 25.8 Å². The number of thiazole rings is 1. The van der Waals surface area contributed by atoms with Gasteiger partial charge in [0.2, 0.25) is 0 Å². The average molecular weight is 329 g/mol. The Morgan fingerprint density at radius 3 is 2.59 bits per heavy atom. The highest BCUT2D eigenvalue weighted by molar-refractivity contribution is 7.15. The van der Waals surface area contributed by atoms with Gasteiger partial charge in [0.05, 0.1) is 5.69 Å². The van der Waals surface area contributed by atoms with Gasteiger partial charge in [-0.3, -0.25) is 4.98 Å². The van der Waals surface area contributed by atoms with Crippen LogP contribution in [0.25, 0.3) is 21.8 Å². The van der Waals surface area contributed by atoms with Gasteiger partial charge in [0.1, 0.15) is 5.01 Å². The minimum atomic E-state index is 0.607. The summed E-state index contributed by atoms with van der Waals surface area (Å²) in [4.78, 5) is 10.2. The van der Waals surface area contributed by atoms with E-state index in [1.807, 2.05) is 12.1 Å². The van der Waals surface area contributed by atoms with Crippen LogP contribution in [0.3, 0.4) is 0 Å². The first-order valence-corrected chi connectivity index (χ1v) is 8.58. The van der Waals surface area contributed by atoms with Crippen LogP contribution in [-0.4, -0.2) is 15.8 Å². The molecule has 3 rings (SSSR count). The Morgan fingerprint density at radius 1 is 1.09 bits per heavy atom. The van der Waals surface area contributed by atoms with Crippen LogP contribution < -0.4 is 0 Å². The zero-order chi connectivity index (χ0) is 15.5. The van der Waals surface area contributed by atoms with Gasteiger partial charge in [-0.25, -0.2) is 4.98 Å². The van der Waals surface area contributed by atoms with Crippen molar-refractivity contribution in [3.05, 3.63) is 58.7 Å². The third-order valence-corrected chi connectivity index (χ3v) is 4.95. The number of hydrogen-bond donors (Lipinski definition) is 0. The van der Waals surface area contributed by atoms with Crippen LogP contribution in [0, 0.1) is 13.8 Å². The van der Waals surface area contributed by atoms with Crippen LogP contribution in [0.15, 0.2) is 42.7 Å². The summed E-state index contributed by atoms with van der Waals surface area (Å²) in [6.45, 7) is 4.24. The molecule has 0 unspecified atom stereocenters. The van der Waals surface area contributed by atoms with Crippen molar-refractivity contribution in [1.82, 2.24) is 9.97 Å². The number of rotatable bonds is 4. The van der Waals surface area contributed by atoms with E-state index in [9.17, 15) is 0 Å². The standard InChI is InChI=1S/C18H17ClN2S/c1-12-3-4-13(2)15(11-12)17-16(5-8-19)22-18(21-17)14-6-9-20-10-7-14/h3-4,6-7,9-11H,5,8H2,1-2H3. The van der Waals surface area contributed by atoms with Crippen molar-refractivity contribution >= 4 is 22.9 Å². The highest BCUT2D eigenvalue weighted by Gasteiger charge is 2.15. The van der Waals surface area contributed by atoms with E-state index in [0.29, 0.717) is 5.88 Å². The third-order valence-electron chi connectivity index (χ3n) is 3.59. The van der Waals surface area contributed by atoms with Crippen molar-refractivity contribution in [2.45, 2.75) is 20.3 Å². The zero-order valence-corrected chi connectivity index (χ0v) is 14.2. The van der Waals surface area contributed by atoms with E-state index in [-0.39, 0.29) is 0 Å². The average Bonchev–Trinajstić information content (AvgIpc) is 2.95. The van der Waals surface area contributed by atoms with Crippen molar-refractivity contribution in [3.8, 4) is 21.8 Å². The molecule has 0 radical (unpaired) electrons. The number of nitrogens with zero attached hydrogens (tertiary/aromatic N) is 2. The van der Waals surface area contributed by atoms with Crippen molar-refractivity contribution in [1.29, 1.82) is 0 Å². The maximum Gasteiger partial charge on any atom is 0.124 e. The van der Waals surface area contributed by atoms with Crippen LogP contribution in [-0.2, 0) is 6.42 Å². The largest absolute Gasteiger partial charge is 0.265 e. The zero-order valence-electron chi connectivity index (χ0n) is 12.6. The quantitative estimate of drug-likeness (QED) is 0.610. The molecule has 1 aromatic carbocycles. The van der Waals surface area contributed by atoms with Crippen LogP contribution in [0.4, 0.5) is 0 Å². The van der Waals surface area contributed by atoms with E-state index in [0.717, 1.165) is 22.7 Å². The molecule has 0 spiro atoms. The van der Waals surface area contributed by atoms with Crippen LogP contribution >= 0.6 is 22.9 Å². The van der Waals surface area contributed by atoms with Crippen molar-refractivity contribution in [3.63, 3.8) is 0 Å². The molecule has 3 aromatic rings. The maximum atomic E-state index is 5.99. The molecule has 2 heterocycles.